The van der Waals surface area contributed by atoms with Gasteiger partial charge in [0, 0.05) is 32.9 Å². The predicted molar refractivity (Wildman–Crippen MR) is 98.3 cm³/mol. The number of piperidine rings is 1. The van der Waals surface area contributed by atoms with E-state index >= 15 is 0 Å². The number of para-hydroxylation sites is 1. The van der Waals surface area contributed by atoms with Gasteiger partial charge in [-0.05, 0) is 38.4 Å². The quantitative estimate of drug-likeness (QED) is 0.817. The Morgan fingerprint density at radius 2 is 2.08 bits per heavy atom. The van der Waals surface area contributed by atoms with Gasteiger partial charge in [0.05, 0.1) is 18.6 Å². The van der Waals surface area contributed by atoms with Crippen LogP contribution in [0.15, 0.2) is 30.3 Å². The van der Waals surface area contributed by atoms with E-state index in [1.54, 1.807) is 12.0 Å². The Morgan fingerprint density at radius 1 is 1.36 bits per heavy atom. The van der Waals surface area contributed by atoms with E-state index in [2.05, 4.69) is 10.2 Å². The normalized spacial score (nSPS) is 19.2. The van der Waals surface area contributed by atoms with Gasteiger partial charge in [-0.3, -0.25) is 14.5 Å². The second kappa shape index (κ2) is 9.53. The van der Waals surface area contributed by atoms with Crippen molar-refractivity contribution >= 4 is 17.5 Å². The minimum atomic E-state index is -0.264. The number of rotatable bonds is 7. The summed E-state index contributed by atoms with van der Waals surface area (Å²) in [4.78, 5) is 28.9. The lowest BCUT2D eigenvalue weighted by molar-refractivity contribution is -0.137. The van der Waals surface area contributed by atoms with Crippen LogP contribution in [0.25, 0.3) is 0 Å². The molecule has 2 atom stereocenters. The van der Waals surface area contributed by atoms with Crippen LogP contribution in [-0.2, 0) is 14.3 Å². The van der Waals surface area contributed by atoms with Gasteiger partial charge in [0.1, 0.15) is 0 Å². The van der Waals surface area contributed by atoms with Gasteiger partial charge in [0.2, 0.25) is 11.8 Å². The van der Waals surface area contributed by atoms with E-state index in [0.717, 1.165) is 25.1 Å². The zero-order valence-corrected chi connectivity index (χ0v) is 15.4. The number of hydrogen-bond acceptors (Lipinski definition) is 4. The fraction of sp³-hybridized carbons (Fsp3) is 0.579. The number of nitrogens with zero attached hydrogens (tertiary/aromatic N) is 2. The average Bonchev–Trinajstić information content (AvgIpc) is 2.65. The minimum Gasteiger partial charge on any atom is -0.383 e. The fourth-order valence-electron chi connectivity index (χ4n) is 3.14. The first-order chi connectivity index (χ1) is 12.0. The molecule has 138 valence electrons. The molecule has 25 heavy (non-hydrogen) atoms. The highest BCUT2D eigenvalue weighted by Crippen LogP contribution is 2.21. The van der Waals surface area contributed by atoms with Crippen LogP contribution in [0.2, 0.25) is 0 Å². The van der Waals surface area contributed by atoms with Gasteiger partial charge in [-0.2, -0.15) is 0 Å². The Morgan fingerprint density at radius 3 is 2.76 bits per heavy atom. The number of hydrogen-bond donors (Lipinski definition) is 1. The van der Waals surface area contributed by atoms with Gasteiger partial charge in [0.15, 0.2) is 0 Å². The maximum Gasteiger partial charge on any atom is 0.241 e. The Labute approximate surface area is 150 Å². The van der Waals surface area contributed by atoms with Gasteiger partial charge < -0.3 is 15.0 Å². The molecule has 1 fully saturated rings. The molecule has 0 spiro atoms. The van der Waals surface area contributed by atoms with Crippen LogP contribution in [0.5, 0.6) is 0 Å². The van der Waals surface area contributed by atoms with Crippen molar-refractivity contribution in [2.75, 3.05) is 45.7 Å². The molecule has 1 heterocycles. The number of carbonyl (C=O) groups is 2. The van der Waals surface area contributed by atoms with E-state index in [-0.39, 0.29) is 23.8 Å². The summed E-state index contributed by atoms with van der Waals surface area (Å²) in [6.45, 7) is 4.50. The fourth-order valence-corrected chi connectivity index (χ4v) is 3.14. The first-order valence-corrected chi connectivity index (χ1v) is 8.86. The molecule has 0 aliphatic carbocycles. The Balaban J connectivity index is 1.90. The maximum atomic E-state index is 12.6. The van der Waals surface area contributed by atoms with E-state index in [1.165, 1.54) is 0 Å². The standard InChI is InChI=1S/C19H29N3O3/c1-15(18(23)20-17-9-5-4-6-10-17)22-11-7-8-16(14-22)19(24)21(2)12-13-25-3/h4-6,9-10,15-16H,7-8,11-14H2,1-3H3,(H,20,23)/t15-,16+/m0/s1. The van der Waals surface area contributed by atoms with E-state index in [1.807, 2.05) is 44.3 Å². The molecule has 0 bridgehead atoms. The van der Waals surface area contributed by atoms with Crippen molar-refractivity contribution < 1.29 is 14.3 Å². The molecule has 0 unspecified atom stereocenters. The third-order valence-electron chi connectivity index (χ3n) is 4.78. The van der Waals surface area contributed by atoms with E-state index in [0.29, 0.717) is 19.7 Å². The van der Waals surface area contributed by atoms with Crippen molar-refractivity contribution in [2.24, 2.45) is 5.92 Å². The first kappa shape index (κ1) is 19.4. The molecular formula is C19H29N3O3. The lowest BCUT2D eigenvalue weighted by Gasteiger charge is -2.36. The zero-order chi connectivity index (χ0) is 18.2. The summed E-state index contributed by atoms with van der Waals surface area (Å²) in [7, 11) is 3.44. The zero-order valence-electron chi connectivity index (χ0n) is 15.4. The highest BCUT2D eigenvalue weighted by molar-refractivity contribution is 5.94. The number of amides is 2. The molecule has 0 aromatic heterocycles. The Hall–Kier alpha value is -1.92. The van der Waals surface area contributed by atoms with Crippen molar-refractivity contribution in [3.8, 4) is 0 Å². The second-order valence-electron chi connectivity index (χ2n) is 6.62. The summed E-state index contributed by atoms with van der Waals surface area (Å²) < 4.78 is 5.04. The summed E-state index contributed by atoms with van der Waals surface area (Å²) in [6.07, 6.45) is 1.80. The maximum absolute atomic E-state index is 12.6. The summed E-state index contributed by atoms with van der Waals surface area (Å²) in [5.41, 5.74) is 0.795. The molecule has 1 aromatic carbocycles. The van der Waals surface area contributed by atoms with Crippen molar-refractivity contribution in [3.63, 3.8) is 0 Å². The van der Waals surface area contributed by atoms with Crippen molar-refractivity contribution in [3.05, 3.63) is 30.3 Å². The Kier molecular flexibility index (Phi) is 7.40. The molecule has 1 aliphatic rings. The average molecular weight is 347 g/mol. The van der Waals surface area contributed by atoms with Crippen LogP contribution >= 0.6 is 0 Å². The van der Waals surface area contributed by atoms with Crippen LogP contribution < -0.4 is 5.32 Å². The van der Waals surface area contributed by atoms with Gasteiger partial charge in [-0.25, -0.2) is 0 Å². The molecule has 1 aromatic rings. The van der Waals surface area contributed by atoms with Crippen LogP contribution in [0, 0.1) is 5.92 Å². The molecule has 0 radical (unpaired) electrons. The van der Waals surface area contributed by atoms with Gasteiger partial charge in [-0.1, -0.05) is 18.2 Å². The number of nitrogens with one attached hydrogen (secondary N) is 1. The molecular weight excluding hydrogens is 318 g/mol. The Bertz CT molecular complexity index is 564. The lowest BCUT2D eigenvalue weighted by Crippen LogP contribution is -2.50. The molecule has 1 N–H and O–H groups in total. The minimum absolute atomic E-state index is 0.0352. The monoisotopic (exact) mass is 347 g/mol. The van der Waals surface area contributed by atoms with Gasteiger partial charge in [0.25, 0.3) is 0 Å². The van der Waals surface area contributed by atoms with Crippen LogP contribution in [-0.4, -0.2) is 68.1 Å². The smallest absolute Gasteiger partial charge is 0.241 e. The molecule has 0 saturated carbocycles. The van der Waals surface area contributed by atoms with Crippen LogP contribution in [0.4, 0.5) is 5.69 Å². The largest absolute Gasteiger partial charge is 0.383 e. The number of likely N-dealkylation sites (N-methyl/N-ethyl adjacent to an activating group) is 1. The van der Waals surface area contributed by atoms with Crippen molar-refractivity contribution in [1.82, 2.24) is 9.80 Å². The number of methoxy groups -OCH3 is 1. The lowest BCUT2D eigenvalue weighted by atomic mass is 9.95. The third-order valence-corrected chi connectivity index (χ3v) is 4.78. The highest BCUT2D eigenvalue weighted by Gasteiger charge is 2.32. The number of ether oxygens (including phenoxy) is 1. The van der Waals surface area contributed by atoms with Crippen LogP contribution in [0.1, 0.15) is 19.8 Å². The van der Waals surface area contributed by atoms with Gasteiger partial charge >= 0.3 is 0 Å². The summed E-state index contributed by atoms with van der Waals surface area (Å²) in [6, 6.07) is 9.19. The second-order valence-corrected chi connectivity index (χ2v) is 6.62. The molecule has 1 saturated heterocycles. The summed E-state index contributed by atoms with van der Waals surface area (Å²) in [5, 5.41) is 2.94. The molecule has 2 rings (SSSR count). The number of benzene rings is 1. The van der Waals surface area contributed by atoms with E-state index < -0.39 is 0 Å². The third kappa shape index (κ3) is 5.54. The van der Waals surface area contributed by atoms with E-state index in [4.69, 9.17) is 4.74 Å². The first-order valence-electron chi connectivity index (χ1n) is 8.86. The SMILES string of the molecule is COCCN(C)C(=O)[C@@H]1CCCN([C@@H](C)C(=O)Nc2ccccc2)C1. The van der Waals surface area contributed by atoms with Crippen molar-refractivity contribution in [2.45, 2.75) is 25.8 Å². The molecule has 2 amide bonds. The van der Waals surface area contributed by atoms with E-state index in [9.17, 15) is 9.59 Å². The number of carbonyl (C=O) groups excluding carboxylic acids is 2. The molecule has 1 aliphatic heterocycles. The molecule has 6 heteroatoms. The number of likely N-dealkylation sites (tertiary alicyclic amines) is 1. The number of anilines is 1. The van der Waals surface area contributed by atoms with Gasteiger partial charge in [-0.15, -0.1) is 0 Å². The molecule has 6 nitrogen and oxygen atoms in total. The summed E-state index contributed by atoms with van der Waals surface area (Å²) in [5.74, 6) is 0.0482. The predicted octanol–water partition coefficient (Wildman–Crippen LogP) is 1.83. The van der Waals surface area contributed by atoms with Crippen molar-refractivity contribution in [1.29, 1.82) is 0 Å². The topological polar surface area (TPSA) is 61.9 Å². The summed E-state index contributed by atoms with van der Waals surface area (Å²) >= 11 is 0. The van der Waals surface area contributed by atoms with Crippen LogP contribution in [0.3, 0.4) is 0 Å². The highest BCUT2D eigenvalue weighted by atomic mass is 16.5.